The Bertz CT molecular complexity index is 223. The Morgan fingerprint density at radius 1 is 1.67 bits per heavy atom. The zero-order valence-electron chi connectivity index (χ0n) is 7.58. The molecule has 1 aliphatic rings. The van der Waals surface area contributed by atoms with Crippen molar-refractivity contribution in [3.8, 4) is 0 Å². The minimum absolute atomic E-state index is 0.151. The van der Waals surface area contributed by atoms with Crippen molar-refractivity contribution in [3.05, 3.63) is 24.0 Å². The van der Waals surface area contributed by atoms with E-state index in [2.05, 4.69) is 0 Å². The molecule has 0 aromatic heterocycles. The van der Waals surface area contributed by atoms with Crippen molar-refractivity contribution in [1.82, 2.24) is 0 Å². The molecule has 0 radical (unpaired) electrons. The van der Waals surface area contributed by atoms with E-state index in [0.29, 0.717) is 0 Å². The van der Waals surface area contributed by atoms with Gasteiger partial charge in [0, 0.05) is 6.04 Å². The van der Waals surface area contributed by atoms with Crippen LogP contribution in [0.2, 0.25) is 0 Å². The highest BCUT2D eigenvalue weighted by Gasteiger charge is 2.29. The number of nitrogens with two attached hydrogens (primary N) is 2. The van der Waals surface area contributed by atoms with Crippen LogP contribution in [-0.2, 0) is 4.74 Å². The lowest BCUT2D eigenvalue weighted by molar-refractivity contribution is 0.295. The fourth-order valence-corrected chi connectivity index (χ4v) is 1.23. The number of ether oxygens (including phenoxy) is 1. The van der Waals surface area contributed by atoms with Crippen LogP contribution in [0, 0.1) is 0 Å². The van der Waals surface area contributed by atoms with Gasteiger partial charge in [-0.3, -0.25) is 0 Å². The Hall–Kier alpha value is -0.800. The van der Waals surface area contributed by atoms with Crippen LogP contribution in [0.1, 0.15) is 13.3 Å². The summed E-state index contributed by atoms with van der Waals surface area (Å²) >= 11 is 0. The number of rotatable bonds is 2. The Labute approximate surface area is 73.1 Å². The molecule has 3 heteroatoms. The van der Waals surface area contributed by atoms with Gasteiger partial charge in [0.25, 0.3) is 0 Å². The fraction of sp³-hybridized carbons (Fsp3) is 0.556. The summed E-state index contributed by atoms with van der Waals surface area (Å²) in [5.74, 6) is 0.789. The Morgan fingerprint density at radius 2 is 2.33 bits per heavy atom. The summed E-state index contributed by atoms with van der Waals surface area (Å²) in [5, 5.41) is 0. The molecular formula is C9H16N2O. The molecule has 0 saturated heterocycles. The van der Waals surface area contributed by atoms with Gasteiger partial charge in [0.15, 0.2) is 0 Å². The molecule has 12 heavy (non-hydrogen) atoms. The van der Waals surface area contributed by atoms with Crippen LogP contribution in [0.25, 0.3) is 0 Å². The number of hydrogen-bond donors (Lipinski definition) is 2. The van der Waals surface area contributed by atoms with Gasteiger partial charge in [0.1, 0.15) is 5.76 Å². The van der Waals surface area contributed by atoms with Crippen LogP contribution in [-0.4, -0.2) is 18.7 Å². The molecule has 0 aromatic rings. The van der Waals surface area contributed by atoms with Crippen LogP contribution >= 0.6 is 0 Å². The molecule has 1 aliphatic carbocycles. The van der Waals surface area contributed by atoms with E-state index in [0.717, 1.165) is 12.2 Å². The Kier molecular flexibility index (Phi) is 2.55. The van der Waals surface area contributed by atoms with Gasteiger partial charge in [-0.1, -0.05) is 13.0 Å². The molecule has 4 N–H and O–H groups in total. The molecule has 68 valence electrons. The van der Waals surface area contributed by atoms with Crippen LogP contribution in [0.5, 0.6) is 0 Å². The van der Waals surface area contributed by atoms with Crippen LogP contribution in [0.4, 0.5) is 0 Å². The average Bonchev–Trinajstić information content (AvgIpc) is 2.10. The van der Waals surface area contributed by atoms with Gasteiger partial charge in [-0.25, -0.2) is 0 Å². The largest absolute Gasteiger partial charge is 0.497 e. The van der Waals surface area contributed by atoms with Crippen molar-refractivity contribution in [2.24, 2.45) is 11.5 Å². The lowest BCUT2D eigenvalue weighted by atomic mass is 9.85. The summed E-state index contributed by atoms with van der Waals surface area (Å²) in [6.45, 7) is 2.02. The summed E-state index contributed by atoms with van der Waals surface area (Å²) in [6.07, 6.45) is 6.46. The molecule has 1 rings (SSSR count). The lowest BCUT2D eigenvalue weighted by Crippen LogP contribution is -2.53. The van der Waals surface area contributed by atoms with E-state index in [1.165, 1.54) is 0 Å². The highest BCUT2D eigenvalue weighted by Crippen LogP contribution is 2.20. The van der Waals surface area contributed by atoms with E-state index < -0.39 is 5.54 Å². The van der Waals surface area contributed by atoms with Crippen molar-refractivity contribution < 1.29 is 4.74 Å². The van der Waals surface area contributed by atoms with Gasteiger partial charge >= 0.3 is 0 Å². The van der Waals surface area contributed by atoms with Gasteiger partial charge in [0.2, 0.25) is 0 Å². The first-order valence-corrected chi connectivity index (χ1v) is 4.12. The molecule has 0 aromatic carbocycles. The van der Waals surface area contributed by atoms with Gasteiger partial charge < -0.3 is 16.2 Å². The molecule has 3 nitrogen and oxygen atoms in total. The third kappa shape index (κ3) is 1.52. The van der Waals surface area contributed by atoms with E-state index in [-0.39, 0.29) is 6.04 Å². The van der Waals surface area contributed by atoms with Crippen LogP contribution < -0.4 is 11.5 Å². The van der Waals surface area contributed by atoms with Crippen molar-refractivity contribution >= 4 is 0 Å². The van der Waals surface area contributed by atoms with Gasteiger partial charge in [-0.15, -0.1) is 0 Å². The van der Waals surface area contributed by atoms with Gasteiger partial charge in [0.05, 0.1) is 12.6 Å². The molecule has 0 bridgehead atoms. The molecule has 0 fully saturated rings. The highest BCUT2D eigenvalue weighted by atomic mass is 16.5. The van der Waals surface area contributed by atoms with Gasteiger partial charge in [-0.05, 0) is 18.6 Å². The second kappa shape index (κ2) is 3.29. The standard InChI is InChI=1S/C9H16N2O/c1-3-9(11)5-4-7(12-2)6-8(9)10/h4-6,8H,3,10-11H2,1-2H3. The topological polar surface area (TPSA) is 61.3 Å². The van der Waals surface area contributed by atoms with E-state index in [4.69, 9.17) is 16.2 Å². The van der Waals surface area contributed by atoms with Crippen molar-refractivity contribution in [2.45, 2.75) is 24.9 Å². The SMILES string of the molecule is CCC1(N)C=CC(OC)=CC1N. The van der Waals surface area contributed by atoms with Crippen molar-refractivity contribution in [3.63, 3.8) is 0 Å². The summed E-state index contributed by atoms with van der Waals surface area (Å²) < 4.78 is 5.04. The van der Waals surface area contributed by atoms with Crippen molar-refractivity contribution in [2.75, 3.05) is 7.11 Å². The van der Waals surface area contributed by atoms with E-state index >= 15 is 0 Å². The van der Waals surface area contributed by atoms with E-state index in [1.54, 1.807) is 7.11 Å². The molecule has 2 atom stereocenters. The molecule has 0 heterocycles. The maximum absolute atomic E-state index is 6.01. The Balaban J connectivity index is 2.81. The van der Waals surface area contributed by atoms with Crippen LogP contribution in [0.3, 0.4) is 0 Å². The molecule has 0 spiro atoms. The summed E-state index contributed by atoms with van der Waals surface area (Å²) in [5.41, 5.74) is 11.5. The minimum atomic E-state index is -0.401. The predicted octanol–water partition coefficient (Wildman–Crippen LogP) is 0.521. The van der Waals surface area contributed by atoms with E-state index in [1.807, 2.05) is 25.2 Å². The quantitative estimate of drug-likeness (QED) is 0.632. The third-order valence-corrected chi connectivity index (χ3v) is 2.37. The van der Waals surface area contributed by atoms with Gasteiger partial charge in [-0.2, -0.15) is 0 Å². The zero-order valence-corrected chi connectivity index (χ0v) is 7.58. The number of hydrogen-bond acceptors (Lipinski definition) is 3. The average molecular weight is 168 g/mol. The van der Waals surface area contributed by atoms with E-state index in [9.17, 15) is 0 Å². The fourth-order valence-electron chi connectivity index (χ4n) is 1.23. The second-order valence-corrected chi connectivity index (χ2v) is 3.10. The zero-order chi connectivity index (χ0) is 9.19. The third-order valence-electron chi connectivity index (χ3n) is 2.37. The molecule has 2 unspecified atom stereocenters. The molecule has 0 aliphatic heterocycles. The number of methoxy groups -OCH3 is 1. The normalized spacial score (nSPS) is 34.7. The second-order valence-electron chi connectivity index (χ2n) is 3.10. The minimum Gasteiger partial charge on any atom is -0.497 e. The smallest absolute Gasteiger partial charge is 0.116 e. The number of allylic oxidation sites excluding steroid dienone is 1. The molecule has 0 amide bonds. The predicted molar refractivity (Wildman–Crippen MR) is 49.4 cm³/mol. The monoisotopic (exact) mass is 168 g/mol. The first-order valence-electron chi connectivity index (χ1n) is 4.12. The molecule has 0 saturated carbocycles. The maximum atomic E-state index is 6.01. The van der Waals surface area contributed by atoms with Crippen LogP contribution in [0.15, 0.2) is 24.0 Å². The summed E-state index contributed by atoms with van der Waals surface area (Å²) in [6, 6.07) is -0.151. The molecular weight excluding hydrogens is 152 g/mol. The highest BCUT2D eigenvalue weighted by molar-refractivity contribution is 5.29. The maximum Gasteiger partial charge on any atom is 0.116 e. The van der Waals surface area contributed by atoms with Crippen molar-refractivity contribution in [1.29, 1.82) is 0 Å². The lowest BCUT2D eigenvalue weighted by Gasteiger charge is -2.32. The summed E-state index contributed by atoms with van der Waals surface area (Å²) in [4.78, 5) is 0. The first-order chi connectivity index (χ1) is 5.62. The summed E-state index contributed by atoms with van der Waals surface area (Å²) in [7, 11) is 1.62. The first kappa shape index (κ1) is 9.29. The Morgan fingerprint density at radius 3 is 2.75 bits per heavy atom.